The number of hydrogen-bond donors (Lipinski definition) is 2. The molecule has 4 heteroatoms. The molecule has 5 atom stereocenters. The molecule has 2 aliphatic rings. The monoisotopic (exact) mass is 480 g/mol. The van der Waals surface area contributed by atoms with Gasteiger partial charge in [0.1, 0.15) is 5.78 Å². The summed E-state index contributed by atoms with van der Waals surface area (Å²) in [5.74, 6) is -1.27. The molecule has 1 saturated carbocycles. The van der Waals surface area contributed by atoms with E-state index in [1.165, 1.54) is 11.1 Å². The van der Waals surface area contributed by atoms with Crippen molar-refractivity contribution in [3.05, 3.63) is 52.6 Å². The lowest BCUT2D eigenvalue weighted by Crippen LogP contribution is -2.45. The van der Waals surface area contributed by atoms with E-state index in [0.717, 1.165) is 16.7 Å². The summed E-state index contributed by atoms with van der Waals surface area (Å²) in [6, 6.07) is 4.28. The van der Waals surface area contributed by atoms with Gasteiger partial charge < -0.3 is 10.2 Å². The van der Waals surface area contributed by atoms with E-state index in [1.807, 2.05) is 13.8 Å². The van der Waals surface area contributed by atoms with Crippen LogP contribution in [0.2, 0.25) is 0 Å². The van der Waals surface area contributed by atoms with Gasteiger partial charge in [-0.15, -0.1) is 0 Å². The summed E-state index contributed by atoms with van der Waals surface area (Å²) < 4.78 is 0. The van der Waals surface area contributed by atoms with Gasteiger partial charge in [0.05, 0.1) is 12.0 Å². The van der Waals surface area contributed by atoms with E-state index >= 15 is 0 Å². The topological polar surface area (TPSA) is 74.6 Å². The van der Waals surface area contributed by atoms with Crippen molar-refractivity contribution < 1.29 is 19.8 Å². The highest BCUT2D eigenvalue weighted by molar-refractivity contribution is 5.81. The molecular weight excluding hydrogens is 436 g/mol. The number of benzene rings is 1. The van der Waals surface area contributed by atoms with Crippen LogP contribution in [0.15, 0.2) is 30.4 Å². The summed E-state index contributed by atoms with van der Waals surface area (Å²) >= 11 is 0. The number of aliphatic hydroxyl groups excluding tert-OH is 1. The Morgan fingerprint density at radius 2 is 1.77 bits per heavy atom. The first-order valence-electron chi connectivity index (χ1n) is 13.2. The maximum Gasteiger partial charge on any atom is 0.306 e. The summed E-state index contributed by atoms with van der Waals surface area (Å²) in [5, 5.41) is 21.6. The van der Waals surface area contributed by atoms with E-state index in [4.69, 9.17) is 0 Å². The molecule has 0 saturated heterocycles. The van der Waals surface area contributed by atoms with Crippen LogP contribution in [-0.2, 0) is 21.4 Å². The van der Waals surface area contributed by atoms with Crippen molar-refractivity contribution in [2.45, 2.75) is 92.1 Å². The number of fused-ring (bicyclic) bond motifs is 3. The van der Waals surface area contributed by atoms with Crippen molar-refractivity contribution in [3.8, 4) is 0 Å². The molecule has 3 rings (SSSR count). The molecule has 0 aromatic heterocycles. The van der Waals surface area contributed by atoms with E-state index < -0.39 is 28.8 Å². The first-order chi connectivity index (χ1) is 16.2. The summed E-state index contributed by atoms with van der Waals surface area (Å²) in [7, 11) is 0. The minimum atomic E-state index is -0.841. The van der Waals surface area contributed by atoms with Gasteiger partial charge in [-0.1, -0.05) is 78.0 Å². The Hall–Kier alpha value is -2.20. The van der Waals surface area contributed by atoms with Gasteiger partial charge in [0.15, 0.2) is 0 Å². The van der Waals surface area contributed by atoms with Crippen LogP contribution in [-0.4, -0.2) is 28.1 Å². The lowest BCUT2D eigenvalue weighted by atomic mass is 9.55. The number of Topliss-reactive ketones (excluding diaryl/α,β-unsaturated/α-hetero) is 1. The summed E-state index contributed by atoms with van der Waals surface area (Å²) in [4.78, 5) is 24.8. The van der Waals surface area contributed by atoms with Gasteiger partial charge in [-0.2, -0.15) is 0 Å². The van der Waals surface area contributed by atoms with Gasteiger partial charge in [0.25, 0.3) is 0 Å². The molecule has 2 aliphatic carbocycles. The van der Waals surface area contributed by atoms with Gasteiger partial charge in [-0.25, -0.2) is 0 Å². The fourth-order valence-electron chi connectivity index (χ4n) is 6.57. The second kappa shape index (κ2) is 10.0. The fourth-order valence-corrected chi connectivity index (χ4v) is 6.57. The van der Waals surface area contributed by atoms with Crippen molar-refractivity contribution in [1.82, 2.24) is 0 Å². The van der Waals surface area contributed by atoms with Gasteiger partial charge in [-0.05, 0) is 60.8 Å². The number of carboxylic acids is 1. The Balaban J connectivity index is 2.01. The number of carbonyl (C=O) groups excluding carboxylic acids is 1. The zero-order valence-corrected chi connectivity index (χ0v) is 22.6. The Bertz CT molecular complexity index is 1030. The van der Waals surface area contributed by atoms with E-state index in [1.54, 1.807) is 0 Å². The third-order valence-corrected chi connectivity index (χ3v) is 9.30. The number of allylic oxidation sites excluding steroid dienone is 2. The average Bonchev–Trinajstić information content (AvgIpc) is 2.98. The quantitative estimate of drug-likeness (QED) is 0.374. The van der Waals surface area contributed by atoms with E-state index in [9.17, 15) is 19.8 Å². The number of aliphatic hydroxyl groups is 1. The molecule has 35 heavy (non-hydrogen) atoms. The molecular formula is C31H44O4. The number of hydrogen-bond acceptors (Lipinski definition) is 3. The molecule has 1 aromatic rings. The van der Waals surface area contributed by atoms with Crippen LogP contribution in [0.25, 0.3) is 6.08 Å². The lowest BCUT2D eigenvalue weighted by molar-refractivity contribution is -0.147. The third-order valence-electron chi connectivity index (χ3n) is 9.30. The Morgan fingerprint density at radius 1 is 1.11 bits per heavy atom. The number of ketones is 1. The number of rotatable bonds is 10. The smallest absolute Gasteiger partial charge is 0.306 e. The standard InChI is InChI=1S/C31H44O4/c1-18(2)20(5)9-11-24(29(34)35)28-27(33)17-31(8)25-13-10-21(6)22(12-14-26(32)19(3)4)23(25)15-16-30(28,31)7/h10,13,15-16,18-19,24,27-28,33H,5,9,11-12,14,17H2,1-4,6-8H3,(H,34,35)/t24-,27-,28+,30-,31+/m1/s1. The molecule has 1 aromatic carbocycles. The highest BCUT2D eigenvalue weighted by atomic mass is 16.4. The van der Waals surface area contributed by atoms with E-state index in [2.05, 4.69) is 65.5 Å². The average molecular weight is 481 g/mol. The minimum absolute atomic E-state index is 0.0247. The first kappa shape index (κ1) is 27.4. The van der Waals surface area contributed by atoms with E-state index in [0.29, 0.717) is 38.0 Å². The largest absolute Gasteiger partial charge is 0.481 e. The van der Waals surface area contributed by atoms with Gasteiger partial charge >= 0.3 is 5.97 Å². The second-order valence-corrected chi connectivity index (χ2v) is 12.0. The maximum atomic E-state index is 12.5. The highest BCUT2D eigenvalue weighted by Gasteiger charge is 2.62. The molecule has 2 N–H and O–H groups in total. The third kappa shape index (κ3) is 4.79. The van der Waals surface area contributed by atoms with Crippen molar-refractivity contribution in [3.63, 3.8) is 0 Å². The Kier molecular flexibility index (Phi) is 7.86. The van der Waals surface area contributed by atoms with Gasteiger partial charge in [0.2, 0.25) is 0 Å². The Labute approximate surface area is 211 Å². The van der Waals surface area contributed by atoms with Crippen molar-refractivity contribution in [2.75, 3.05) is 0 Å². The molecule has 0 bridgehead atoms. The molecule has 0 spiro atoms. The number of aliphatic carboxylic acids is 1. The zero-order valence-electron chi connectivity index (χ0n) is 22.6. The molecule has 0 heterocycles. The Morgan fingerprint density at radius 3 is 2.34 bits per heavy atom. The highest BCUT2D eigenvalue weighted by Crippen LogP contribution is 2.63. The SMILES string of the molecule is C=C(CC[C@@H](C(=O)O)[C@H]1[C@H](O)C[C@@]2(C)c3ccc(C)c(CCC(=O)C(C)C)c3C=C[C@]12C)C(C)C. The molecule has 0 radical (unpaired) electrons. The molecule has 0 amide bonds. The van der Waals surface area contributed by atoms with Crippen LogP contribution in [0.4, 0.5) is 0 Å². The van der Waals surface area contributed by atoms with Crippen molar-refractivity contribution >= 4 is 17.8 Å². The molecule has 1 fully saturated rings. The zero-order chi connectivity index (χ0) is 26.3. The van der Waals surface area contributed by atoms with Gasteiger partial charge in [0, 0.05) is 29.1 Å². The van der Waals surface area contributed by atoms with Crippen LogP contribution in [0.3, 0.4) is 0 Å². The van der Waals surface area contributed by atoms with Crippen molar-refractivity contribution in [2.24, 2.45) is 29.1 Å². The minimum Gasteiger partial charge on any atom is -0.481 e. The number of aryl methyl sites for hydroxylation is 1. The number of carbonyl (C=O) groups is 2. The van der Waals surface area contributed by atoms with Gasteiger partial charge in [-0.3, -0.25) is 9.59 Å². The fraction of sp³-hybridized carbons (Fsp3) is 0.613. The van der Waals surface area contributed by atoms with Crippen LogP contribution in [0.1, 0.15) is 89.5 Å². The van der Waals surface area contributed by atoms with E-state index in [-0.39, 0.29) is 17.6 Å². The normalized spacial score (nSPS) is 28.2. The predicted molar refractivity (Wildman–Crippen MR) is 142 cm³/mol. The van der Waals surface area contributed by atoms with Crippen LogP contribution in [0, 0.1) is 36.0 Å². The summed E-state index contributed by atoms with van der Waals surface area (Å²) in [6.45, 7) is 18.6. The van der Waals surface area contributed by atoms with Crippen molar-refractivity contribution in [1.29, 1.82) is 0 Å². The summed E-state index contributed by atoms with van der Waals surface area (Å²) in [6.07, 6.45) is 6.46. The molecule has 0 unspecified atom stereocenters. The molecule has 4 nitrogen and oxygen atoms in total. The van der Waals surface area contributed by atoms with Crippen LogP contribution in [0.5, 0.6) is 0 Å². The molecule has 0 aliphatic heterocycles. The van der Waals surface area contributed by atoms with Crippen LogP contribution >= 0.6 is 0 Å². The first-order valence-corrected chi connectivity index (χ1v) is 13.2. The lowest BCUT2D eigenvalue weighted by Gasteiger charge is -2.47. The van der Waals surface area contributed by atoms with Crippen LogP contribution < -0.4 is 0 Å². The molecule has 192 valence electrons. The number of carboxylic acid groups (broad SMARTS) is 1. The predicted octanol–water partition coefficient (Wildman–Crippen LogP) is 6.52. The maximum absolute atomic E-state index is 12.5. The summed E-state index contributed by atoms with van der Waals surface area (Å²) in [5.41, 5.74) is 4.83. The second-order valence-electron chi connectivity index (χ2n) is 12.0.